The third-order valence-electron chi connectivity index (χ3n) is 7.90. The topological polar surface area (TPSA) is 159 Å². The second kappa shape index (κ2) is 14.4. The van der Waals surface area contributed by atoms with Gasteiger partial charge < -0.3 is 30.2 Å². The number of alkyl carbamates (subject to hydrolysis) is 1. The van der Waals surface area contributed by atoms with Crippen molar-refractivity contribution in [1.29, 1.82) is 0 Å². The molecule has 13 nitrogen and oxygen atoms in total. The molecule has 3 amide bonds. The van der Waals surface area contributed by atoms with Gasteiger partial charge in [-0.05, 0) is 99.4 Å². The Kier molecular flexibility index (Phi) is 10.9. The Morgan fingerprint density at radius 3 is 1.46 bits per heavy atom. The van der Waals surface area contributed by atoms with Crippen molar-refractivity contribution in [2.75, 3.05) is 0 Å². The van der Waals surface area contributed by atoms with Crippen LogP contribution in [0.25, 0.3) is 21.8 Å². The number of rotatable bonds is 9. The zero-order valence-electron chi connectivity index (χ0n) is 31.9. The fraction of sp³-hybridized carbons (Fsp3) is 0.462. The van der Waals surface area contributed by atoms with Gasteiger partial charge in [0, 0.05) is 36.0 Å². The van der Waals surface area contributed by atoms with Crippen molar-refractivity contribution in [2.45, 2.75) is 117 Å². The van der Waals surface area contributed by atoms with Crippen molar-refractivity contribution >= 4 is 52.4 Å². The molecule has 2 heterocycles. The first-order valence-electron chi connectivity index (χ1n) is 17.1. The largest absolute Gasteiger partial charge is 0.444 e. The predicted molar refractivity (Wildman–Crippen MR) is 198 cm³/mol. The highest BCUT2D eigenvalue weighted by atomic mass is 16.6. The zero-order valence-corrected chi connectivity index (χ0v) is 31.9. The first-order chi connectivity index (χ1) is 23.9. The molecule has 0 fully saturated rings. The van der Waals surface area contributed by atoms with Crippen LogP contribution in [0.3, 0.4) is 0 Å². The molecule has 2 atom stereocenters. The molecule has 0 saturated carbocycles. The number of hydrogen-bond donors (Lipinski definition) is 3. The van der Waals surface area contributed by atoms with E-state index in [-0.39, 0.29) is 12.8 Å². The number of para-hydroxylation sites is 2. The highest BCUT2D eigenvalue weighted by Crippen LogP contribution is 2.29. The fourth-order valence-electron chi connectivity index (χ4n) is 5.83. The molecule has 0 bridgehead atoms. The Bertz CT molecular complexity index is 1990. The molecule has 0 spiro atoms. The molecular weight excluding hydrogens is 666 g/mol. The summed E-state index contributed by atoms with van der Waals surface area (Å²) in [5.41, 5.74) is -3.11. The van der Waals surface area contributed by atoms with E-state index in [2.05, 4.69) is 16.0 Å². The van der Waals surface area contributed by atoms with Crippen LogP contribution >= 0.6 is 0 Å². The summed E-state index contributed by atoms with van der Waals surface area (Å²) in [4.78, 5) is 66.3. The summed E-state index contributed by atoms with van der Waals surface area (Å²) in [5.74, 6) is -0.653. The predicted octanol–water partition coefficient (Wildman–Crippen LogP) is 6.81. The molecule has 2 aromatic carbocycles. The molecule has 4 rings (SSSR count). The van der Waals surface area contributed by atoms with Crippen LogP contribution < -0.4 is 16.0 Å². The zero-order chi connectivity index (χ0) is 38.9. The minimum atomic E-state index is -1.68. The molecule has 280 valence electrons. The number of aromatic nitrogens is 2. The van der Waals surface area contributed by atoms with Gasteiger partial charge in [0.1, 0.15) is 28.0 Å². The van der Waals surface area contributed by atoms with E-state index in [1.165, 1.54) is 9.13 Å². The molecule has 4 aromatic rings. The Morgan fingerprint density at radius 1 is 0.615 bits per heavy atom. The maximum absolute atomic E-state index is 14.5. The third-order valence-corrected chi connectivity index (χ3v) is 7.90. The van der Waals surface area contributed by atoms with E-state index in [0.717, 1.165) is 0 Å². The second-order valence-electron chi connectivity index (χ2n) is 16.4. The molecule has 0 radical (unpaired) electrons. The Balaban J connectivity index is 1.75. The van der Waals surface area contributed by atoms with E-state index in [1.54, 1.807) is 113 Å². The molecule has 0 aliphatic carbocycles. The van der Waals surface area contributed by atoms with E-state index in [9.17, 15) is 24.0 Å². The number of fused-ring (bicyclic) bond motifs is 2. The Morgan fingerprint density at radius 2 is 1.04 bits per heavy atom. The van der Waals surface area contributed by atoms with Crippen LogP contribution in [0.1, 0.15) is 87.3 Å². The minimum absolute atomic E-state index is 0.0499. The number of nitrogens with zero attached hydrogens (tertiary/aromatic N) is 2. The highest BCUT2D eigenvalue weighted by molar-refractivity contribution is 5.95. The first kappa shape index (κ1) is 39.5. The fourth-order valence-corrected chi connectivity index (χ4v) is 5.83. The molecule has 52 heavy (non-hydrogen) atoms. The molecule has 0 aliphatic heterocycles. The van der Waals surface area contributed by atoms with Gasteiger partial charge in [-0.2, -0.15) is 0 Å². The van der Waals surface area contributed by atoms with E-state index in [0.29, 0.717) is 39.3 Å². The number of benzene rings is 2. The van der Waals surface area contributed by atoms with Crippen LogP contribution in [0.2, 0.25) is 0 Å². The van der Waals surface area contributed by atoms with Crippen molar-refractivity contribution in [2.24, 2.45) is 0 Å². The van der Waals surface area contributed by atoms with Crippen LogP contribution in [0.4, 0.5) is 14.4 Å². The average molecular weight is 718 g/mol. The van der Waals surface area contributed by atoms with E-state index < -0.39 is 52.2 Å². The van der Waals surface area contributed by atoms with Crippen LogP contribution in [-0.2, 0) is 36.6 Å². The summed E-state index contributed by atoms with van der Waals surface area (Å²) >= 11 is 0. The number of carbonyl (C=O) groups is 5. The number of nitrogens with one attached hydrogen (secondary N) is 3. The lowest BCUT2D eigenvalue weighted by atomic mass is 9.90. The maximum Gasteiger partial charge on any atom is 0.419 e. The summed E-state index contributed by atoms with van der Waals surface area (Å²) in [7, 11) is 0. The van der Waals surface area contributed by atoms with Crippen molar-refractivity contribution in [3.8, 4) is 0 Å². The van der Waals surface area contributed by atoms with Crippen LogP contribution in [0, 0.1) is 0 Å². The molecule has 0 unspecified atom stereocenters. The van der Waals surface area contributed by atoms with Crippen molar-refractivity contribution in [3.05, 3.63) is 72.1 Å². The van der Waals surface area contributed by atoms with Gasteiger partial charge in [-0.15, -0.1) is 0 Å². The third kappa shape index (κ3) is 9.71. The summed E-state index contributed by atoms with van der Waals surface area (Å²) in [5, 5.41) is 9.82. The summed E-state index contributed by atoms with van der Waals surface area (Å²) < 4.78 is 19.6. The molecule has 3 N–H and O–H groups in total. The summed E-state index contributed by atoms with van der Waals surface area (Å²) in [6, 6.07) is 14.4. The Labute approximate surface area is 304 Å². The minimum Gasteiger partial charge on any atom is -0.444 e. The van der Waals surface area contributed by atoms with Crippen LogP contribution in [0.15, 0.2) is 60.9 Å². The normalized spacial score (nSPS) is 14.5. The van der Waals surface area contributed by atoms with E-state index >= 15 is 0 Å². The standard InChI is InChI=1S/C39H51N5O8/c1-35(2,3)50-32(47)42-38(10,20-25-22-43(33(48)51-36(4,5)6)29-18-14-12-16-27(25)29)31(46)41-39(11,40-24-45)21-26-23-44(34(49)52-37(7,8)9)30-19-15-13-17-28(26)30/h12-19,22-24H,20-21H2,1-11H3,(H,40,45)(H,41,46)(H,42,47)/t38-,39-/m1/s1. The lowest BCUT2D eigenvalue weighted by molar-refractivity contribution is -0.129. The highest BCUT2D eigenvalue weighted by Gasteiger charge is 2.41. The molecule has 2 aromatic heterocycles. The smallest absolute Gasteiger partial charge is 0.419 e. The van der Waals surface area contributed by atoms with Gasteiger partial charge in [0.15, 0.2) is 0 Å². The van der Waals surface area contributed by atoms with Crippen molar-refractivity contribution < 1.29 is 38.2 Å². The quantitative estimate of drug-likeness (QED) is 0.0968. The number of carbonyl (C=O) groups excluding carboxylic acids is 5. The van der Waals surface area contributed by atoms with Gasteiger partial charge in [-0.1, -0.05) is 36.4 Å². The Hall–Kier alpha value is -5.33. The molecular formula is C39H51N5O8. The summed E-state index contributed by atoms with van der Waals surface area (Å²) in [6.45, 7) is 18.9. The SMILES string of the molecule is CC(C)(C)OC(=O)N[C@](C)(Cc1cn(C(=O)OC(C)(C)C)c2ccccc12)C(=O)N[C@](C)(Cc1cn(C(=O)OC(C)(C)C)c2ccccc12)NC=O. The van der Waals surface area contributed by atoms with Gasteiger partial charge in [-0.25, -0.2) is 14.4 Å². The van der Waals surface area contributed by atoms with Gasteiger partial charge in [0.05, 0.1) is 11.0 Å². The van der Waals surface area contributed by atoms with Gasteiger partial charge in [0.2, 0.25) is 12.3 Å². The van der Waals surface area contributed by atoms with Gasteiger partial charge in [-0.3, -0.25) is 18.7 Å². The van der Waals surface area contributed by atoms with Crippen LogP contribution in [-0.4, -0.2) is 67.7 Å². The molecule has 0 aliphatic rings. The van der Waals surface area contributed by atoms with E-state index in [4.69, 9.17) is 14.2 Å². The number of amides is 3. The van der Waals surface area contributed by atoms with Gasteiger partial charge in [0.25, 0.3) is 0 Å². The lowest BCUT2D eigenvalue weighted by Gasteiger charge is -2.37. The second-order valence-corrected chi connectivity index (χ2v) is 16.4. The summed E-state index contributed by atoms with van der Waals surface area (Å²) in [6.07, 6.45) is 1.64. The number of hydrogen-bond acceptors (Lipinski definition) is 8. The van der Waals surface area contributed by atoms with E-state index in [1.807, 2.05) is 24.3 Å². The maximum atomic E-state index is 14.5. The molecule has 0 saturated heterocycles. The first-order valence-corrected chi connectivity index (χ1v) is 17.1. The lowest BCUT2D eigenvalue weighted by Crippen LogP contribution is -2.66. The molecule has 13 heteroatoms. The average Bonchev–Trinajstić information content (AvgIpc) is 3.53. The monoisotopic (exact) mass is 717 g/mol. The van der Waals surface area contributed by atoms with Crippen LogP contribution in [0.5, 0.6) is 0 Å². The van der Waals surface area contributed by atoms with Crippen molar-refractivity contribution in [1.82, 2.24) is 25.1 Å². The van der Waals surface area contributed by atoms with Crippen molar-refractivity contribution in [3.63, 3.8) is 0 Å². The van der Waals surface area contributed by atoms with Gasteiger partial charge >= 0.3 is 18.3 Å². The number of ether oxygens (including phenoxy) is 3.